The zero-order chi connectivity index (χ0) is 15.6. The van der Waals surface area contributed by atoms with Gasteiger partial charge in [-0.1, -0.05) is 62.4 Å². The normalized spacial score (nSPS) is 15.9. The smallest absolute Gasteiger partial charge is 0.127 e. The minimum Gasteiger partial charge on any atom is -0.356 e. The summed E-state index contributed by atoms with van der Waals surface area (Å²) in [6.45, 7) is 4.67. The monoisotopic (exact) mass is 311 g/mol. The van der Waals surface area contributed by atoms with Gasteiger partial charge in [-0.3, -0.25) is 0 Å². The van der Waals surface area contributed by atoms with Crippen LogP contribution < -0.4 is 15.7 Å². The van der Waals surface area contributed by atoms with Gasteiger partial charge in [0.05, 0.1) is 0 Å². The summed E-state index contributed by atoms with van der Waals surface area (Å²) in [7, 11) is 0.724. The van der Waals surface area contributed by atoms with E-state index >= 15 is 0 Å². The number of benzene rings is 3. The lowest BCUT2D eigenvalue weighted by Crippen LogP contribution is -2.36. The number of para-hydroxylation sites is 1. The molecule has 2 heteroatoms. The molecule has 0 bridgehead atoms. The Balaban J connectivity index is 1.74. The van der Waals surface area contributed by atoms with E-state index in [0.29, 0.717) is 0 Å². The molecule has 3 aromatic rings. The van der Waals surface area contributed by atoms with Crippen molar-refractivity contribution in [3.8, 4) is 11.1 Å². The van der Waals surface area contributed by atoms with Gasteiger partial charge in [-0.05, 0) is 44.8 Å². The lowest BCUT2D eigenvalue weighted by Gasteiger charge is -2.25. The first-order chi connectivity index (χ1) is 11.1. The number of nitrogens with one attached hydrogen (secondary N) is 1. The fourth-order valence-electron chi connectivity index (χ4n) is 3.95. The van der Waals surface area contributed by atoms with Gasteiger partial charge < -0.3 is 5.32 Å². The molecule has 0 fully saturated rings. The maximum Gasteiger partial charge on any atom is 0.127 e. The third kappa shape index (κ3) is 1.73. The highest BCUT2D eigenvalue weighted by Crippen LogP contribution is 2.49. The molecule has 2 aliphatic rings. The predicted octanol–water partition coefficient (Wildman–Crippen LogP) is 3.70. The van der Waals surface area contributed by atoms with Gasteiger partial charge >= 0.3 is 0 Å². The number of fused-ring (bicyclic) bond motifs is 5. The second-order valence-corrected chi connectivity index (χ2v) is 8.24. The SMILES string of the molecule is CC1(C)c2ccccc2-c2cc3c(cc21)Nc1ccccc1[Si]3. The van der Waals surface area contributed by atoms with Crippen LogP contribution in [0.4, 0.5) is 11.4 Å². The van der Waals surface area contributed by atoms with Gasteiger partial charge in [0, 0.05) is 16.8 Å². The largest absolute Gasteiger partial charge is 0.356 e. The topological polar surface area (TPSA) is 12.0 Å². The number of hydrogen-bond donors (Lipinski definition) is 1. The quantitative estimate of drug-likeness (QED) is 0.488. The van der Waals surface area contributed by atoms with Crippen LogP contribution >= 0.6 is 0 Å². The van der Waals surface area contributed by atoms with Gasteiger partial charge in [0.25, 0.3) is 0 Å². The third-order valence-electron chi connectivity index (χ3n) is 5.19. The summed E-state index contributed by atoms with van der Waals surface area (Å²) >= 11 is 0. The molecule has 5 rings (SSSR count). The standard InChI is InChI=1S/C21H17NSi/c1-21(2)15-8-4-3-7-13(15)14-11-20-18(12-16(14)21)22-17-9-5-6-10-19(17)23-20/h3-12,22H,1-2H3. The van der Waals surface area contributed by atoms with Gasteiger partial charge in [0.1, 0.15) is 9.52 Å². The first kappa shape index (κ1) is 13.1. The Hall–Kier alpha value is -2.32. The molecule has 0 unspecified atom stereocenters. The molecule has 2 radical (unpaired) electrons. The Bertz CT molecular complexity index is 956. The van der Waals surface area contributed by atoms with E-state index < -0.39 is 0 Å². The zero-order valence-electron chi connectivity index (χ0n) is 13.3. The summed E-state index contributed by atoms with van der Waals surface area (Å²) in [6.07, 6.45) is 0. The minimum atomic E-state index is 0.0721. The third-order valence-corrected chi connectivity index (χ3v) is 6.58. The molecule has 0 amide bonds. The maximum atomic E-state index is 3.64. The van der Waals surface area contributed by atoms with Crippen molar-refractivity contribution in [2.75, 3.05) is 5.32 Å². The zero-order valence-corrected chi connectivity index (χ0v) is 14.3. The number of anilines is 2. The molecule has 0 spiro atoms. The highest BCUT2D eigenvalue weighted by atomic mass is 28.2. The van der Waals surface area contributed by atoms with E-state index in [-0.39, 0.29) is 5.41 Å². The average Bonchev–Trinajstić information content (AvgIpc) is 2.79. The molecule has 0 aromatic heterocycles. The average molecular weight is 311 g/mol. The van der Waals surface area contributed by atoms with Crippen LogP contribution in [0, 0.1) is 0 Å². The Morgan fingerprint density at radius 3 is 2.43 bits per heavy atom. The molecular weight excluding hydrogens is 294 g/mol. The summed E-state index contributed by atoms with van der Waals surface area (Å²) in [5.41, 5.74) is 8.31. The fraction of sp³-hybridized carbons (Fsp3) is 0.143. The van der Waals surface area contributed by atoms with E-state index in [4.69, 9.17) is 0 Å². The van der Waals surface area contributed by atoms with Crippen LogP contribution in [0.25, 0.3) is 11.1 Å². The highest BCUT2D eigenvalue weighted by molar-refractivity contribution is 6.71. The Morgan fingerprint density at radius 2 is 1.52 bits per heavy atom. The van der Waals surface area contributed by atoms with Gasteiger partial charge in [-0.15, -0.1) is 0 Å². The molecule has 1 aliphatic carbocycles. The summed E-state index contributed by atoms with van der Waals surface area (Å²) in [4.78, 5) is 0. The molecule has 0 saturated carbocycles. The Morgan fingerprint density at radius 1 is 0.739 bits per heavy atom. The summed E-state index contributed by atoms with van der Waals surface area (Å²) < 4.78 is 0. The van der Waals surface area contributed by atoms with Gasteiger partial charge in [-0.2, -0.15) is 0 Å². The van der Waals surface area contributed by atoms with Gasteiger partial charge in [-0.25, -0.2) is 0 Å². The molecule has 1 heterocycles. The molecule has 110 valence electrons. The van der Waals surface area contributed by atoms with Crippen LogP contribution in [0.1, 0.15) is 25.0 Å². The predicted molar refractivity (Wildman–Crippen MR) is 98.8 cm³/mol. The number of rotatable bonds is 0. The van der Waals surface area contributed by atoms with Crippen molar-refractivity contribution in [3.63, 3.8) is 0 Å². The molecule has 1 aliphatic heterocycles. The Labute approximate surface area is 139 Å². The second-order valence-electron chi connectivity index (χ2n) is 6.91. The second kappa shape index (κ2) is 4.36. The summed E-state index contributed by atoms with van der Waals surface area (Å²) in [5, 5.41) is 6.48. The summed E-state index contributed by atoms with van der Waals surface area (Å²) in [6, 6.07) is 22.3. The first-order valence-electron chi connectivity index (χ1n) is 8.06. The van der Waals surface area contributed by atoms with Crippen LogP contribution in [0.15, 0.2) is 60.7 Å². The van der Waals surface area contributed by atoms with Crippen molar-refractivity contribution in [2.24, 2.45) is 0 Å². The molecule has 1 N–H and O–H groups in total. The molecular formula is C21H17NSi. The lowest BCUT2D eigenvalue weighted by atomic mass is 9.82. The fourth-order valence-corrected chi connectivity index (χ4v) is 5.18. The molecule has 23 heavy (non-hydrogen) atoms. The number of hydrogen-bond acceptors (Lipinski definition) is 1. The molecule has 3 aromatic carbocycles. The van der Waals surface area contributed by atoms with Crippen molar-refractivity contribution in [2.45, 2.75) is 19.3 Å². The van der Waals surface area contributed by atoms with Crippen LogP contribution in [-0.4, -0.2) is 9.52 Å². The van der Waals surface area contributed by atoms with Crippen molar-refractivity contribution >= 4 is 31.3 Å². The van der Waals surface area contributed by atoms with Gasteiger partial charge in [0.15, 0.2) is 0 Å². The maximum absolute atomic E-state index is 3.64. The lowest BCUT2D eigenvalue weighted by molar-refractivity contribution is 0.661. The molecule has 1 nitrogen and oxygen atoms in total. The highest BCUT2D eigenvalue weighted by Gasteiger charge is 2.36. The van der Waals surface area contributed by atoms with E-state index in [9.17, 15) is 0 Å². The minimum absolute atomic E-state index is 0.0721. The van der Waals surface area contributed by atoms with Crippen LogP contribution in [0.2, 0.25) is 0 Å². The van der Waals surface area contributed by atoms with E-state index in [2.05, 4.69) is 79.8 Å². The van der Waals surface area contributed by atoms with Crippen LogP contribution in [-0.2, 0) is 5.41 Å². The van der Waals surface area contributed by atoms with E-state index in [1.165, 1.54) is 44.0 Å². The van der Waals surface area contributed by atoms with Gasteiger partial charge in [0.2, 0.25) is 0 Å². The molecule has 0 atom stereocenters. The van der Waals surface area contributed by atoms with E-state index in [0.717, 1.165) is 9.52 Å². The van der Waals surface area contributed by atoms with Crippen molar-refractivity contribution in [1.82, 2.24) is 0 Å². The van der Waals surface area contributed by atoms with Crippen molar-refractivity contribution in [3.05, 3.63) is 71.8 Å². The van der Waals surface area contributed by atoms with Crippen LogP contribution in [0.5, 0.6) is 0 Å². The van der Waals surface area contributed by atoms with Crippen LogP contribution in [0.3, 0.4) is 0 Å². The van der Waals surface area contributed by atoms with Crippen molar-refractivity contribution < 1.29 is 0 Å². The van der Waals surface area contributed by atoms with E-state index in [1.54, 1.807) is 0 Å². The Kier molecular flexibility index (Phi) is 2.49. The van der Waals surface area contributed by atoms with E-state index in [1.807, 2.05) is 0 Å². The first-order valence-corrected chi connectivity index (χ1v) is 9.06. The van der Waals surface area contributed by atoms with Crippen molar-refractivity contribution in [1.29, 1.82) is 0 Å². The molecule has 0 saturated heterocycles. The summed E-state index contributed by atoms with van der Waals surface area (Å²) in [5.74, 6) is 0.